The number of H-pyrrole nitrogens is 1. The number of hydrogen-bond acceptors (Lipinski definition) is 5. The number of nitrogens with one attached hydrogen (secondary N) is 2. The minimum atomic E-state index is 0.590. The molecule has 6 heteroatoms. The Morgan fingerprint density at radius 2 is 1.83 bits per heavy atom. The first-order valence-electron chi connectivity index (χ1n) is 8.01. The molecule has 1 fully saturated rings. The van der Waals surface area contributed by atoms with E-state index in [0.29, 0.717) is 11.8 Å². The molecule has 1 aliphatic rings. The summed E-state index contributed by atoms with van der Waals surface area (Å²) in [5.41, 5.74) is 3.12. The third-order valence-electron chi connectivity index (χ3n) is 4.36. The molecule has 0 atom stereocenters. The number of hydrogen-bond donors (Lipinski definition) is 2. The molecule has 1 saturated heterocycles. The molecule has 1 aliphatic heterocycles. The first-order valence-corrected chi connectivity index (χ1v) is 8.01. The van der Waals surface area contributed by atoms with E-state index in [2.05, 4.69) is 25.7 Å². The quantitative estimate of drug-likeness (QED) is 0.774. The van der Waals surface area contributed by atoms with Crippen molar-refractivity contribution in [3.63, 3.8) is 0 Å². The SMILES string of the molecule is c1cc(-c2nc(CC3CCNCC3)no2)ccc1-c1cn[nH]c1. The molecule has 3 aromatic rings. The van der Waals surface area contributed by atoms with Gasteiger partial charge in [-0.1, -0.05) is 17.3 Å². The van der Waals surface area contributed by atoms with Crippen LogP contribution >= 0.6 is 0 Å². The van der Waals surface area contributed by atoms with Gasteiger partial charge in [-0.15, -0.1) is 0 Å². The number of aromatic nitrogens is 4. The molecule has 4 rings (SSSR count). The Bertz CT molecular complexity index is 742. The van der Waals surface area contributed by atoms with Crippen LogP contribution in [0.3, 0.4) is 0 Å². The van der Waals surface area contributed by atoms with Gasteiger partial charge in [0.2, 0.25) is 0 Å². The Kier molecular flexibility index (Phi) is 3.90. The van der Waals surface area contributed by atoms with Gasteiger partial charge in [0.15, 0.2) is 5.82 Å². The highest BCUT2D eigenvalue weighted by atomic mass is 16.5. The lowest BCUT2D eigenvalue weighted by Crippen LogP contribution is -2.28. The van der Waals surface area contributed by atoms with E-state index in [0.717, 1.165) is 42.0 Å². The zero-order valence-electron chi connectivity index (χ0n) is 12.8. The first kappa shape index (κ1) is 14.1. The average Bonchev–Trinajstić information content (AvgIpc) is 3.28. The maximum Gasteiger partial charge on any atom is 0.257 e. The largest absolute Gasteiger partial charge is 0.334 e. The number of piperidine rings is 1. The van der Waals surface area contributed by atoms with E-state index in [1.807, 2.05) is 30.5 Å². The third-order valence-corrected chi connectivity index (χ3v) is 4.36. The molecule has 0 saturated carbocycles. The highest BCUT2D eigenvalue weighted by Crippen LogP contribution is 2.24. The first-order chi connectivity index (χ1) is 11.4. The molecule has 0 aliphatic carbocycles. The second kappa shape index (κ2) is 6.34. The van der Waals surface area contributed by atoms with Crippen LogP contribution in [0.2, 0.25) is 0 Å². The van der Waals surface area contributed by atoms with E-state index in [9.17, 15) is 0 Å². The fourth-order valence-corrected chi connectivity index (χ4v) is 3.01. The van der Waals surface area contributed by atoms with Crippen LogP contribution in [0.1, 0.15) is 18.7 Å². The highest BCUT2D eigenvalue weighted by Gasteiger charge is 2.17. The van der Waals surface area contributed by atoms with Gasteiger partial charge in [0.1, 0.15) is 0 Å². The molecular formula is C17H19N5O. The standard InChI is InChI=1S/C17H19N5O/c1-3-14(4-2-13(1)15-10-19-20-11-15)17-21-16(22-23-17)9-12-5-7-18-8-6-12/h1-4,10-12,18H,5-9H2,(H,19,20). The summed E-state index contributed by atoms with van der Waals surface area (Å²) in [5, 5.41) is 14.3. The number of benzene rings is 1. The monoisotopic (exact) mass is 309 g/mol. The normalized spacial score (nSPS) is 15.8. The van der Waals surface area contributed by atoms with Crippen LogP contribution in [0.5, 0.6) is 0 Å². The fraction of sp³-hybridized carbons (Fsp3) is 0.353. The molecule has 6 nitrogen and oxygen atoms in total. The van der Waals surface area contributed by atoms with Gasteiger partial charge < -0.3 is 9.84 Å². The molecule has 3 heterocycles. The van der Waals surface area contributed by atoms with Crippen molar-refractivity contribution in [1.82, 2.24) is 25.7 Å². The van der Waals surface area contributed by atoms with E-state index in [1.165, 1.54) is 12.8 Å². The molecular weight excluding hydrogens is 290 g/mol. The van der Waals surface area contributed by atoms with Crippen LogP contribution in [0.15, 0.2) is 41.2 Å². The Morgan fingerprint density at radius 3 is 2.57 bits per heavy atom. The minimum absolute atomic E-state index is 0.590. The van der Waals surface area contributed by atoms with Crippen LogP contribution in [0.25, 0.3) is 22.6 Å². The van der Waals surface area contributed by atoms with Crippen molar-refractivity contribution in [3.05, 3.63) is 42.5 Å². The van der Waals surface area contributed by atoms with Gasteiger partial charge in [-0.2, -0.15) is 10.1 Å². The van der Waals surface area contributed by atoms with Gasteiger partial charge in [0.25, 0.3) is 5.89 Å². The molecule has 0 bridgehead atoms. The Balaban J connectivity index is 1.47. The van der Waals surface area contributed by atoms with E-state index in [-0.39, 0.29) is 0 Å². The second-order valence-corrected chi connectivity index (χ2v) is 5.98. The van der Waals surface area contributed by atoms with Crippen molar-refractivity contribution in [1.29, 1.82) is 0 Å². The van der Waals surface area contributed by atoms with Gasteiger partial charge in [-0.25, -0.2) is 0 Å². The van der Waals surface area contributed by atoms with Crippen LogP contribution in [0, 0.1) is 5.92 Å². The molecule has 0 amide bonds. The second-order valence-electron chi connectivity index (χ2n) is 5.98. The van der Waals surface area contributed by atoms with Gasteiger partial charge in [0.05, 0.1) is 6.20 Å². The van der Waals surface area contributed by atoms with E-state index >= 15 is 0 Å². The Hall–Kier alpha value is -2.47. The molecule has 23 heavy (non-hydrogen) atoms. The molecule has 2 aromatic heterocycles. The summed E-state index contributed by atoms with van der Waals surface area (Å²) in [6.07, 6.45) is 6.95. The van der Waals surface area contributed by atoms with Crippen molar-refractivity contribution >= 4 is 0 Å². The van der Waals surface area contributed by atoms with E-state index in [1.54, 1.807) is 6.20 Å². The van der Waals surface area contributed by atoms with Gasteiger partial charge >= 0.3 is 0 Å². The highest BCUT2D eigenvalue weighted by molar-refractivity contribution is 5.65. The third kappa shape index (κ3) is 3.17. The predicted molar refractivity (Wildman–Crippen MR) is 86.6 cm³/mol. The van der Waals surface area contributed by atoms with Gasteiger partial charge in [-0.3, -0.25) is 5.10 Å². The van der Waals surface area contributed by atoms with Crippen LogP contribution in [-0.2, 0) is 6.42 Å². The number of nitrogens with zero attached hydrogens (tertiary/aromatic N) is 3. The molecule has 0 unspecified atom stereocenters. The summed E-state index contributed by atoms with van der Waals surface area (Å²) in [6.45, 7) is 2.18. The van der Waals surface area contributed by atoms with E-state index in [4.69, 9.17) is 4.52 Å². The summed E-state index contributed by atoms with van der Waals surface area (Å²) < 4.78 is 5.43. The summed E-state index contributed by atoms with van der Waals surface area (Å²) >= 11 is 0. The molecule has 118 valence electrons. The van der Waals surface area contributed by atoms with Crippen LogP contribution in [0.4, 0.5) is 0 Å². The molecule has 2 N–H and O–H groups in total. The Labute approximate surface area is 134 Å². The average molecular weight is 309 g/mol. The van der Waals surface area contributed by atoms with Crippen molar-refractivity contribution in [2.24, 2.45) is 5.92 Å². The maximum atomic E-state index is 5.43. The van der Waals surface area contributed by atoms with Crippen molar-refractivity contribution in [3.8, 4) is 22.6 Å². The Morgan fingerprint density at radius 1 is 1.04 bits per heavy atom. The summed E-state index contributed by atoms with van der Waals surface area (Å²) in [4.78, 5) is 4.55. The molecule has 0 spiro atoms. The summed E-state index contributed by atoms with van der Waals surface area (Å²) in [6, 6.07) is 8.09. The predicted octanol–water partition coefficient (Wildman–Crippen LogP) is 2.67. The lowest BCUT2D eigenvalue weighted by Gasteiger charge is -2.20. The van der Waals surface area contributed by atoms with Crippen molar-refractivity contribution < 1.29 is 4.52 Å². The smallest absolute Gasteiger partial charge is 0.257 e. The number of rotatable bonds is 4. The topological polar surface area (TPSA) is 79.6 Å². The number of aromatic amines is 1. The lowest BCUT2D eigenvalue weighted by molar-refractivity contribution is 0.356. The molecule has 0 radical (unpaired) electrons. The maximum absolute atomic E-state index is 5.43. The minimum Gasteiger partial charge on any atom is -0.334 e. The lowest BCUT2D eigenvalue weighted by atomic mass is 9.94. The van der Waals surface area contributed by atoms with Gasteiger partial charge in [0, 0.05) is 23.7 Å². The van der Waals surface area contributed by atoms with Gasteiger partial charge in [-0.05, 0) is 49.5 Å². The zero-order valence-corrected chi connectivity index (χ0v) is 12.8. The summed E-state index contributed by atoms with van der Waals surface area (Å²) in [5.74, 6) is 2.06. The van der Waals surface area contributed by atoms with Crippen molar-refractivity contribution in [2.75, 3.05) is 13.1 Å². The summed E-state index contributed by atoms with van der Waals surface area (Å²) in [7, 11) is 0. The van der Waals surface area contributed by atoms with Crippen LogP contribution in [-0.4, -0.2) is 33.4 Å². The van der Waals surface area contributed by atoms with Crippen LogP contribution < -0.4 is 5.32 Å². The fourth-order valence-electron chi connectivity index (χ4n) is 3.01. The van der Waals surface area contributed by atoms with Crippen molar-refractivity contribution in [2.45, 2.75) is 19.3 Å². The van der Waals surface area contributed by atoms with E-state index < -0.39 is 0 Å². The molecule has 1 aromatic carbocycles. The zero-order chi connectivity index (χ0) is 15.5.